The first-order valence-electron chi connectivity index (χ1n) is 4.57. The largest absolute Gasteiger partial charge is 0.476 e. The van der Waals surface area contributed by atoms with Gasteiger partial charge in [0.2, 0.25) is 5.01 Å². The minimum Gasteiger partial charge on any atom is -0.476 e. The van der Waals surface area contributed by atoms with E-state index in [4.69, 9.17) is 5.11 Å². The van der Waals surface area contributed by atoms with Crippen molar-refractivity contribution in [3.8, 4) is 0 Å². The lowest BCUT2D eigenvalue weighted by Gasteiger charge is -2.10. The van der Waals surface area contributed by atoms with Gasteiger partial charge in [0.25, 0.3) is 0 Å². The number of carboxylic acid groups (broad SMARTS) is 1. The van der Waals surface area contributed by atoms with Gasteiger partial charge < -0.3 is 10.0 Å². The molecule has 1 aliphatic rings. The summed E-state index contributed by atoms with van der Waals surface area (Å²) in [4.78, 5) is 18.2. The van der Waals surface area contributed by atoms with Crippen molar-refractivity contribution in [2.45, 2.75) is 19.4 Å². The number of aryl methyl sites for hydroxylation is 1. The van der Waals surface area contributed by atoms with Crippen molar-refractivity contribution < 1.29 is 9.90 Å². The Labute approximate surface area is 86.2 Å². The van der Waals surface area contributed by atoms with Crippen molar-refractivity contribution in [3.63, 3.8) is 0 Å². The van der Waals surface area contributed by atoms with Crippen LogP contribution < -0.4 is 0 Å². The number of fused-ring (bicyclic) bond motifs is 1. The lowest BCUT2D eigenvalue weighted by atomic mass is 10.2. The van der Waals surface area contributed by atoms with Gasteiger partial charge in [-0.15, -0.1) is 11.3 Å². The lowest BCUT2D eigenvalue weighted by molar-refractivity contribution is 0.0696. The van der Waals surface area contributed by atoms with Crippen LogP contribution in [0, 0.1) is 0 Å². The summed E-state index contributed by atoms with van der Waals surface area (Å²) in [5.41, 5.74) is 0.983. The van der Waals surface area contributed by atoms with Crippen LogP contribution in [-0.2, 0) is 13.0 Å². The van der Waals surface area contributed by atoms with E-state index in [1.807, 2.05) is 0 Å². The molecule has 2 rings (SSSR count). The van der Waals surface area contributed by atoms with E-state index in [0.29, 0.717) is 0 Å². The summed E-state index contributed by atoms with van der Waals surface area (Å²) in [7, 11) is 2.05. The zero-order valence-electron chi connectivity index (χ0n) is 7.99. The molecule has 0 amide bonds. The van der Waals surface area contributed by atoms with E-state index in [0.717, 1.165) is 36.5 Å². The highest BCUT2D eigenvalue weighted by Crippen LogP contribution is 2.23. The van der Waals surface area contributed by atoms with Gasteiger partial charge in [0.05, 0.1) is 5.69 Å². The van der Waals surface area contributed by atoms with E-state index in [-0.39, 0.29) is 5.01 Å². The molecule has 1 aliphatic heterocycles. The Hall–Kier alpha value is -0.940. The molecule has 0 aromatic carbocycles. The molecular weight excluding hydrogens is 200 g/mol. The van der Waals surface area contributed by atoms with Crippen molar-refractivity contribution in [2.75, 3.05) is 13.6 Å². The smallest absolute Gasteiger partial charge is 0.365 e. The van der Waals surface area contributed by atoms with Crippen molar-refractivity contribution >= 4 is 17.3 Å². The molecule has 0 fully saturated rings. The average Bonchev–Trinajstić information content (AvgIpc) is 2.42. The predicted octanol–water partition coefficient (Wildman–Crippen LogP) is 1.22. The van der Waals surface area contributed by atoms with Crippen LogP contribution in [0.1, 0.15) is 26.8 Å². The van der Waals surface area contributed by atoms with E-state index in [1.165, 1.54) is 11.3 Å². The highest BCUT2D eigenvalue weighted by atomic mass is 32.1. The summed E-state index contributed by atoms with van der Waals surface area (Å²) in [5.74, 6) is -0.911. The molecule has 14 heavy (non-hydrogen) atoms. The number of aromatic carboxylic acids is 1. The Morgan fingerprint density at radius 2 is 2.43 bits per heavy atom. The monoisotopic (exact) mass is 212 g/mol. The molecule has 0 saturated heterocycles. The maximum Gasteiger partial charge on any atom is 0.365 e. The fraction of sp³-hybridized carbons (Fsp3) is 0.556. The molecule has 0 atom stereocenters. The van der Waals surface area contributed by atoms with Crippen LogP contribution in [0.25, 0.3) is 0 Å². The molecular formula is C9H12N2O2S. The van der Waals surface area contributed by atoms with Crippen LogP contribution in [0.4, 0.5) is 0 Å². The Bertz CT molecular complexity index is 362. The topological polar surface area (TPSA) is 53.4 Å². The molecule has 1 aromatic heterocycles. The van der Waals surface area contributed by atoms with E-state index in [9.17, 15) is 4.79 Å². The molecule has 0 unspecified atom stereocenters. The average molecular weight is 212 g/mol. The minimum absolute atomic E-state index is 0.227. The molecule has 4 nitrogen and oxygen atoms in total. The Balaban J connectivity index is 2.31. The van der Waals surface area contributed by atoms with Gasteiger partial charge in [-0.2, -0.15) is 0 Å². The highest BCUT2D eigenvalue weighted by Gasteiger charge is 2.19. The van der Waals surface area contributed by atoms with E-state index in [1.54, 1.807) is 0 Å². The van der Waals surface area contributed by atoms with Gasteiger partial charge in [-0.3, -0.25) is 0 Å². The van der Waals surface area contributed by atoms with Crippen LogP contribution in [0.5, 0.6) is 0 Å². The molecule has 2 heterocycles. The summed E-state index contributed by atoms with van der Waals surface area (Å²) < 4.78 is 0. The third-order valence-corrected chi connectivity index (χ3v) is 3.40. The molecule has 76 valence electrons. The van der Waals surface area contributed by atoms with Gasteiger partial charge in [0.1, 0.15) is 0 Å². The highest BCUT2D eigenvalue weighted by molar-refractivity contribution is 7.13. The van der Waals surface area contributed by atoms with Crippen LogP contribution in [0.15, 0.2) is 0 Å². The maximum absolute atomic E-state index is 10.7. The number of nitrogens with zero attached hydrogens (tertiary/aromatic N) is 2. The quantitative estimate of drug-likeness (QED) is 0.760. The number of carbonyl (C=O) groups is 1. The van der Waals surface area contributed by atoms with Crippen LogP contribution >= 0.6 is 11.3 Å². The first-order chi connectivity index (χ1) is 6.66. The van der Waals surface area contributed by atoms with E-state index in [2.05, 4.69) is 16.9 Å². The third-order valence-electron chi connectivity index (χ3n) is 2.33. The number of hydrogen-bond donors (Lipinski definition) is 1. The number of aromatic nitrogens is 1. The fourth-order valence-electron chi connectivity index (χ4n) is 1.63. The molecule has 1 aromatic rings. The number of rotatable bonds is 1. The summed E-state index contributed by atoms with van der Waals surface area (Å²) in [6, 6.07) is 0. The lowest BCUT2D eigenvalue weighted by Crippen LogP contribution is -2.16. The molecule has 0 radical (unpaired) electrons. The number of thiazole rings is 1. The van der Waals surface area contributed by atoms with E-state index >= 15 is 0 Å². The first-order valence-corrected chi connectivity index (χ1v) is 5.39. The van der Waals surface area contributed by atoms with Gasteiger partial charge in [-0.05, 0) is 26.4 Å². The van der Waals surface area contributed by atoms with Crippen molar-refractivity contribution in [1.82, 2.24) is 9.88 Å². The predicted molar refractivity (Wildman–Crippen MR) is 53.7 cm³/mol. The second kappa shape index (κ2) is 3.67. The summed E-state index contributed by atoms with van der Waals surface area (Å²) in [5, 5.41) is 9.03. The standard InChI is InChI=1S/C9H12N2O2S/c1-11-4-2-3-6-7(5-11)14-8(10-6)9(12)13/h2-5H2,1H3,(H,12,13). The molecule has 0 saturated carbocycles. The summed E-state index contributed by atoms with van der Waals surface area (Å²) in [6.45, 7) is 1.89. The molecule has 1 N–H and O–H groups in total. The molecule has 0 bridgehead atoms. The molecule has 5 heteroatoms. The van der Waals surface area contributed by atoms with Crippen molar-refractivity contribution in [3.05, 3.63) is 15.6 Å². The second-order valence-electron chi connectivity index (χ2n) is 3.54. The Kier molecular flexibility index (Phi) is 2.52. The fourth-order valence-corrected chi connectivity index (χ4v) is 2.66. The Morgan fingerprint density at radius 3 is 3.14 bits per heavy atom. The zero-order chi connectivity index (χ0) is 10.1. The van der Waals surface area contributed by atoms with Gasteiger partial charge in [-0.25, -0.2) is 9.78 Å². The van der Waals surface area contributed by atoms with Crippen LogP contribution in [-0.4, -0.2) is 34.6 Å². The van der Waals surface area contributed by atoms with Gasteiger partial charge in [-0.1, -0.05) is 0 Å². The van der Waals surface area contributed by atoms with Gasteiger partial charge in [0.15, 0.2) is 0 Å². The van der Waals surface area contributed by atoms with Crippen LogP contribution in [0.3, 0.4) is 0 Å². The van der Waals surface area contributed by atoms with E-state index < -0.39 is 5.97 Å². The molecule has 0 spiro atoms. The third kappa shape index (κ3) is 1.78. The van der Waals surface area contributed by atoms with Crippen LogP contribution in [0.2, 0.25) is 0 Å². The Morgan fingerprint density at radius 1 is 1.64 bits per heavy atom. The second-order valence-corrected chi connectivity index (χ2v) is 4.62. The normalized spacial score (nSPS) is 17.5. The van der Waals surface area contributed by atoms with Crippen molar-refractivity contribution in [1.29, 1.82) is 0 Å². The summed E-state index contributed by atoms with van der Waals surface area (Å²) in [6.07, 6.45) is 1.97. The molecule has 0 aliphatic carbocycles. The van der Waals surface area contributed by atoms with Gasteiger partial charge in [0, 0.05) is 11.4 Å². The van der Waals surface area contributed by atoms with Crippen molar-refractivity contribution in [2.24, 2.45) is 0 Å². The zero-order valence-corrected chi connectivity index (χ0v) is 8.80. The number of hydrogen-bond acceptors (Lipinski definition) is 4. The SMILES string of the molecule is CN1CCCc2nc(C(=O)O)sc2C1. The summed E-state index contributed by atoms with van der Waals surface area (Å²) >= 11 is 1.31. The maximum atomic E-state index is 10.7. The number of carboxylic acids is 1. The minimum atomic E-state index is -0.911. The van der Waals surface area contributed by atoms with Gasteiger partial charge >= 0.3 is 5.97 Å². The first kappa shape index (κ1) is 9.61.